The second kappa shape index (κ2) is 4.25. The molecule has 0 aromatic heterocycles. The van der Waals surface area contributed by atoms with Crippen LogP contribution in [0.1, 0.15) is 46.1 Å². The molecule has 0 radical (unpaired) electrons. The molecule has 94 valence electrons. The van der Waals surface area contributed by atoms with Crippen LogP contribution in [0.3, 0.4) is 0 Å². The van der Waals surface area contributed by atoms with Gasteiger partial charge in [0.05, 0.1) is 12.2 Å². The van der Waals surface area contributed by atoms with E-state index in [1.807, 2.05) is 0 Å². The van der Waals surface area contributed by atoms with Crippen molar-refractivity contribution in [3.8, 4) is 5.75 Å². The first kappa shape index (κ1) is 12.3. The smallest absolute Gasteiger partial charge is 0.142 e. The second-order valence-corrected chi connectivity index (χ2v) is 6.26. The highest BCUT2D eigenvalue weighted by molar-refractivity contribution is 5.60. The molecule has 1 aromatic carbocycles. The van der Waals surface area contributed by atoms with E-state index in [9.17, 15) is 0 Å². The maximum Gasteiger partial charge on any atom is 0.142 e. The monoisotopic (exact) mass is 233 g/mol. The summed E-state index contributed by atoms with van der Waals surface area (Å²) < 4.78 is 6.07. The van der Waals surface area contributed by atoms with Gasteiger partial charge in [-0.05, 0) is 23.6 Å². The summed E-state index contributed by atoms with van der Waals surface area (Å²) in [4.78, 5) is 0. The van der Waals surface area contributed by atoms with E-state index in [4.69, 9.17) is 4.74 Å². The van der Waals surface area contributed by atoms with Crippen molar-refractivity contribution >= 4 is 5.69 Å². The molecule has 0 spiro atoms. The Morgan fingerprint density at radius 1 is 1.29 bits per heavy atom. The molecule has 0 bridgehead atoms. The molecule has 1 heterocycles. The number of nitrogens with one attached hydrogen (secondary N) is 1. The number of ether oxygens (including phenoxy) is 1. The molecule has 0 amide bonds. The van der Waals surface area contributed by atoms with Crippen molar-refractivity contribution in [3.05, 3.63) is 23.8 Å². The molecule has 0 saturated heterocycles. The fourth-order valence-electron chi connectivity index (χ4n) is 2.03. The Bertz CT molecular complexity index is 404. The zero-order chi connectivity index (χ0) is 12.6. The minimum absolute atomic E-state index is 0.168. The summed E-state index contributed by atoms with van der Waals surface area (Å²) in [6.45, 7) is 12.0. The van der Waals surface area contributed by atoms with Gasteiger partial charge in [0.2, 0.25) is 0 Å². The maximum absolute atomic E-state index is 6.07. The first-order chi connectivity index (χ1) is 7.88. The van der Waals surface area contributed by atoms with E-state index in [-0.39, 0.29) is 11.5 Å². The van der Waals surface area contributed by atoms with Gasteiger partial charge in [0, 0.05) is 5.41 Å². The zero-order valence-electron chi connectivity index (χ0n) is 11.5. The van der Waals surface area contributed by atoms with Crippen LogP contribution >= 0.6 is 0 Å². The van der Waals surface area contributed by atoms with Crippen molar-refractivity contribution in [1.29, 1.82) is 0 Å². The number of benzene rings is 1. The van der Waals surface area contributed by atoms with Crippen molar-refractivity contribution in [2.24, 2.45) is 5.41 Å². The Hall–Kier alpha value is -1.18. The molecular weight excluding hydrogens is 210 g/mol. The van der Waals surface area contributed by atoms with Gasteiger partial charge in [0.1, 0.15) is 11.9 Å². The summed E-state index contributed by atoms with van der Waals surface area (Å²) in [5.74, 6) is 1.54. The first-order valence-corrected chi connectivity index (χ1v) is 6.42. The lowest BCUT2D eigenvalue weighted by molar-refractivity contribution is 0.0922. The van der Waals surface area contributed by atoms with E-state index in [1.54, 1.807) is 0 Å². The Kier molecular flexibility index (Phi) is 3.07. The molecule has 1 aliphatic rings. The number of hydrogen-bond acceptors (Lipinski definition) is 2. The highest BCUT2D eigenvalue weighted by Crippen LogP contribution is 2.36. The summed E-state index contributed by atoms with van der Waals surface area (Å²) in [7, 11) is 0. The van der Waals surface area contributed by atoms with Crippen LogP contribution < -0.4 is 10.1 Å². The lowest BCUT2D eigenvalue weighted by Gasteiger charge is -2.36. The molecule has 2 rings (SSSR count). The van der Waals surface area contributed by atoms with Crippen LogP contribution in [0.5, 0.6) is 5.75 Å². The van der Waals surface area contributed by atoms with E-state index in [2.05, 4.69) is 58.1 Å². The van der Waals surface area contributed by atoms with Gasteiger partial charge in [-0.25, -0.2) is 0 Å². The average molecular weight is 233 g/mol. The number of hydrogen-bond donors (Lipinski definition) is 1. The van der Waals surface area contributed by atoms with Crippen molar-refractivity contribution < 1.29 is 4.74 Å². The molecule has 0 fully saturated rings. The minimum atomic E-state index is 0.168. The molecule has 1 aliphatic heterocycles. The van der Waals surface area contributed by atoms with Crippen molar-refractivity contribution in [2.75, 3.05) is 11.9 Å². The van der Waals surface area contributed by atoms with Gasteiger partial charge in [-0.15, -0.1) is 0 Å². The molecule has 0 aliphatic carbocycles. The molecule has 2 heteroatoms. The molecular formula is C15H23NO. The number of rotatable bonds is 1. The van der Waals surface area contributed by atoms with E-state index in [1.165, 1.54) is 5.56 Å². The van der Waals surface area contributed by atoms with Gasteiger partial charge < -0.3 is 10.1 Å². The topological polar surface area (TPSA) is 21.3 Å². The maximum atomic E-state index is 6.07. The van der Waals surface area contributed by atoms with E-state index < -0.39 is 0 Å². The van der Waals surface area contributed by atoms with Crippen LogP contribution in [0, 0.1) is 5.41 Å². The van der Waals surface area contributed by atoms with Gasteiger partial charge in [-0.2, -0.15) is 0 Å². The third-order valence-corrected chi connectivity index (χ3v) is 3.38. The fourth-order valence-corrected chi connectivity index (χ4v) is 2.03. The van der Waals surface area contributed by atoms with Gasteiger partial charge in [0.15, 0.2) is 0 Å². The van der Waals surface area contributed by atoms with Gasteiger partial charge in [-0.1, -0.05) is 40.7 Å². The van der Waals surface area contributed by atoms with Crippen LogP contribution in [0.2, 0.25) is 0 Å². The lowest BCUT2D eigenvalue weighted by atomic mass is 9.88. The van der Waals surface area contributed by atoms with Crippen LogP contribution in [0.25, 0.3) is 0 Å². The molecule has 0 saturated carbocycles. The summed E-state index contributed by atoms with van der Waals surface area (Å²) in [5.41, 5.74) is 2.66. The molecule has 17 heavy (non-hydrogen) atoms. The quantitative estimate of drug-likeness (QED) is 0.790. The Balaban J connectivity index is 2.23. The second-order valence-electron chi connectivity index (χ2n) is 6.26. The van der Waals surface area contributed by atoms with E-state index >= 15 is 0 Å². The molecule has 2 nitrogen and oxygen atoms in total. The highest BCUT2D eigenvalue weighted by Gasteiger charge is 2.30. The molecule has 1 unspecified atom stereocenters. The van der Waals surface area contributed by atoms with Crippen molar-refractivity contribution in [1.82, 2.24) is 0 Å². The Morgan fingerprint density at radius 2 is 2.00 bits per heavy atom. The largest absolute Gasteiger partial charge is 0.486 e. The van der Waals surface area contributed by atoms with Crippen LogP contribution in [0.4, 0.5) is 5.69 Å². The Morgan fingerprint density at radius 3 is 2.59 bits per heavy atom. The zero-order valence-corrected chi connectivity index (χ0v) is 11.5. The van der Waals surface area contributed by atoms with Gasteiger partial charge in [-0.3, -0.25) is 0 Å². The third kappa shape index (κ3) is 2.56. The standard InChI is InChI=1S/C15H23NO/c1-10(2)11-6-7-13-12(8-11)16-9-14(17-13)15(3,4)5/h6-8,10,14,16H,9H2,1-5H3. The molecule has 1 aromatic rings. The predicted molar refractivity (Wildman–Crippen MR) is 72.9 cm³/mol. The summed E-state index contributed by atoms with van der Waals surface area (Å²) in [5, 5.41) is 3.49. The number of anilines is 1. The predicted octanol–water partition coefficient (Wildman–Crippen LogP) is 4.03. The van der Waals surface area contributed by atoms with Crippen LogP contribution in [-0.2, 0) is 0 Å². The highest BCUT2D eigenvalue weighted by atomic mass is 16.5. The SMILES string of the molecule is CC(C)c1ccc2c(c1)NCC(C(C)(C)C)O2. The van der Waals surface area contributed by atoms with Gasteiger partial charge in [0.25, 0.3) is 0 Å². The first-order valence-electron chi connectivity index (χ1n) is 6.42. The van der Waals surface area contributed by atoms with Crippen LogP contribution in [-0.4, -0.2) is 12.6 Å². The summed E-state index contributed by atoms with van der Waals surface area (Å²) in [6.07, 6.45) is 0.236. The summed E-state index contributed by atoms with van der Waals surface area (Å²) >= 11 is 0. The van der Waals surface area contributed by atoms with E-state index in [0.29, 0.717) is 5.92 Å². The molecule has 1 atom stereocenters. The minimum Gasteiger partial charge on any atom is -0.486 e. The average Bonchev–Trinajstić information content (AvgIpc) is 2.26. The third-order valence-electron chi connectivity index (χ3n) is 3.38. The van der Waals surface area contributed by atoms with Crippen molar-refractivity contribution in [2.45, 2.75) is 46.6 Å². The summed E-state index contributed by atoms with van der Waals surface area (Å²) in [6, 6.07) is 6.46. The molecule has 1 N–H and O–H groups in total. The van der Waals surface area contributed by atoms with Crippen molar-refractivity contribution in [3.63, 3.8) is 0 Å². The lowest BCUT2D eigenvalue weighted by Crippen LogP contribution is -2.41. The fraction of sp³-hybridized carbons (Fsp3) is 0.600. The Labute approximate surface area is 104 Å². The number of fused-ring (bicyclic) bond motifs is 1. The normalized spacial score (nSPS) is 19.5. The van der Waals surface area contributed by atoms with Crippen LogP contribution in [0.15, 0.2) is 18.2 Å². The van der Waals surface area contributed by atoms with E-state index in [0.717, 1.165) is 18.0 Å². The van der Waals surface area contributed by atoms with Gasteiger partial charge >= 0.3 is 0 Å².